The molecule has 318 valence electrons. The first-order chi connectivity index (χ1) is 30.5. The minimum absolute atomic E-state index is 0.0332. The average molecular weight is 835 g/mol. The molecule has 0 atom stereocenters. The Bertz CT molecular complexity index is 3290. The van der Waals surface area contributed by atoms with Gasteiger partial charge in [-0.05, 0) is 165 Å². The molecule has 0 N–H and O–H groups in total. The highest BCUT2D eigenvalue weighted by atomic mass is 16.3. The Hall–Kier alpha value is -6.00. The molecule has 1 aromatic heterocycles. The summed E-state index contributed by atoms with van der Waals surface area (Å²) in [5.41, 5.74) is 24.3. The van der Waals surface area contributed by atoms with Crippen LogP contribution in [0.3, 0.4) is 0 Å². The maximum atomic E-state index is 7.10. The molecule has 0 amide bonds. The fourth-order valence-electron chi connectivity index (χ4n) is 12.4. The zero-order valence-corrected chi connectivity index (χ0v) is 39.3. The first kappa shape index (κ1) is 39.6. The third-order valence-electron chi connectivity index (χ3n) is 16.5. The topological polar surface area (TPSA) is 19.6 Å². The molecule has 2 aliphatic heterocycles. The fourth-order valence-corrected chi connectivity index (χ4v) is 12.4. The zero-order valence-electron chi connectivity index (χ0n) is 39.3. The van der Waals surface area contributed by atoms with Crippen LogP contribution in [0.25, 0.3) is 33.1 Å². The number of rotatable bonds is 3. The summed E-state index contributed by atoms with van der Waals surface area (Å²) in [4.78, 5) is 5.25. The van der Waals surface area contributed by atoms with Gasteiger partial charge in [0.05, 0.1) is 5.69 Å². The number of fused-ring (bicyclic) bond motifs is 10. The molecule has 0 saturated heterocycles. The summed E-state index contributed by atoms with van der Waals surface area (Å²) < 4.78 is 7.10. The Morgan fingerprint density at radius 1 is 0.469 bits per heavy atom. The molecular weight excluding hydrogens is 775 g/mol. The van der Waals surface area contributed by atoms with E-state index >= 15 is 0 Å². The minimum Gasteiger partial charge on any atom is -0.454 e. The second kappa shape index (κ2) is 13.3. The first-order valence-corrected chi connectivity index (χ1v) is 23.7. The number of furan rings is 1. The lowest BCUT2D eigenvalue weighted by molar-refractivity contribution is 0.332. The first-order valence-electron chi connectivity index (χ1n) is 23.7. The van der Waals surface area contributed by atoms with Gasteiger partial charge in [0, 0.05) is 39.2 Å². The number of benzene rings is 7. The summed E-state index contributed by atoms with van der Waals surface area (Å²) in [5, 5.41) is 2.30. The van der Waals surface area contributed by atoms with Gasteiger partial charge in [-0.15, -0.1) is 0 Å². The largest absolute Gasteiger partial charge is 0.454 e. The second-order valence-electron chi connectivity index (χ2n) is 22.3. The van der Waals surface area contributed by atoms with Crippen molar-refractivity contribution in [1.29, 1.82) is 0 Å². The van der Waals surface area contributed by atoms with E-state index in [1.54, 1.807) is 0 Å². The lowest BCUT2D eigenvalue weighted by Gasteiger charge is -2.48. The summed E-state index contributed by atoms with van der Waals surface area (Å²) in [6, 6.07) is 49.0. The molecule has 3 heterocycles. The van der Waals surface area contributed by atoms with Crippen LogP contribution in [0, 0.1) is 13.8 Å². The van der Waals surface area contributed by atoms with E-state index in [9.17, 15) is 0 Å². The van der Waals surface area contributed by atoms with Gasteiger partial charge in [-0.2, -0.15) is 0 Å². The van der Waals surface area contributed by atoms with Crippen molar-refractivity contribution in [3.05, 3.63) is 161 Å². The van der Waals surface area contributed by atoms with Crippen molar-refractivity contribution >= 4 is 79.2 Å². The van der Waals surface area contributed by atoms with Crippen molar-refractivity contribution < 1.29 is 4.42 Å². The summed E-state index contributed by atoms with van der Waals surface area (Å²) >= 11 is 0. The van der Waals surface area contributed by atoms with Gasteiger partial charge < -0.3 is 14.2 Å². The van der Waals surface area contributed by atoms with Crippen LogP contribution >= 0.6 is 0 Å². The van der Waals surface area contributed by atoms with Crippen molar-refractivity contribution in [2.24, 2.45) is 0 Å². The predicted octanol–water partition coefficient (Wildman–Crippen LogP) is 14.7. The van der Waals surface area contributed by atoms with Gasteiger partial charge in [0.2, 0.25) is 0 Å². The summed E-state index contributed by atoms with van der Waals surface area (Å²) in [5.74, 6) is 0. The van der Waals surface area contributed by atoms with Gasteiger partial charge in [-0.3, -0.25) is 0 Å². The van der Waals surface area contributed by atoms with E-state index in [1.165, 1.54) is 102 Å². The van der Waals surface area contributed by atoms with Crippen molar-refractivity contribution in [1.82, 2.24) is 0 Å². The van der Waals surface area contributed by atoms with Crippen molar-refractivity contribution in [3.63, 3.8) is 0 Å². The standard InChI is InChI=1S/C60H59BN2O/c1-36-17-11-13-19-40(36)38-31-51-54-52(32-38)63(49-21-15-12-18-37(49)2)55-47(26-24-42-41-20-14-16-22-53(41)64-56(42)55)61(54)48-34-45-46(60(9,10)30-29-59(45,7)8)35-50(48)62(51)39-23-25-43-44(33-39)58(5,6)28-27-57(43,3)4/h11-26,31-35H,27-30H2,1-10H3. The lowest BCUT2D eigenvalue weighted by Crippen LogP contribution is -2.62. The number of aryl methyl sites for hydroxylation is 2. The molecule has 2 aliphatic carbocycles. The normalized spacial score (nSPS) is 18.3. The minimum atomic E-state index is -0.0332. The monoisotopic (exact) mass is 834 g/mol. The average Bonchev–Trinajstić information content (AvgIpc) is 3.66. The molecule has 4 aliphatic rings. The Morgan fingerprint density at radius 3 is 1.77 bits per heavy atom. The second-order valence-corrected chi connectivity index (χ2v) is 22.3. The van der Waals surface area contributed by atoms with E-state index in [0.29, 0.717) is 0 Å². The van der Waals surface area contributed by atoms with Crippen LogP contribution in [-0.2, 0) is 21.7 Å². The molecule has 0 radical (unpaired) electrons. The van der Waals surface area contributed by atoms with Crippen LogP contribution < -0.4 is 26.2 Å². The summed E-state index contributed by atoms with van der Waals surface area (Å²) in [6.45, 7) is 24.2. The SMILES string of the molecule is Cc1ccccc1-c1cc2c3c(c1)N(c1ccccc1C)c1c(ccc4c1oc1ccccc14)B3c1cc3c(cc1N2c1ccc2c(c1)C(C)(C)CCC2(C)C)C(C)(C)CCC3(C)C. The number of para-hydroxylation sites is 2. The van der Waals surface area contributed by atoms with Crippen LogP contribution in [0.15, 0.2) is 132 Å². The Labute approximate surface area is 380 Å². The summed E-state index contributed by atoms with van der Waals surface area (Å²) in [6.07, 6.45) is 4.68. The van der Waals surface area contributed by atoms with E-state index in [2.05, 4.69) is 206 Å². The van der Waals surface area contributed by atoms with E-state index in [4.69, 9.17) is 4.42 Å². The van der Waals surface area contributed by atoms with E-state index in [1.807, 2.05) is 0 Å². The molecule has 12 rings (SSSR count). The third kappa shape index (κ3) is 5.53. The van der Waals surface area contributed by atoms with E-state index in [-0.39, 0.29) is 28.4 Å². The van der Waals surface area contributed by atoms with E-state index < -0.39 is 0 Å². The third-order valence-corrected chi connectivity index (χ3v) is 16.5. The van der Waals surface area contributed by atoms with E-state index in [0.717, 1.165) is 40.5 Å². The Balaban J connectivity index is 1.26. The van der Waals surface area contributed by atoms with Gasteiger partial charge >= 0.3 is 0 Å². The fraction of sp³-hybridized carbons (Fsp3) is 0.300. The van der Waals surface area contributed by atoms with Crippen LogP contribution in [0.5, 0.6) is 0 Å². The summed E-state index contributed by atoms with van der Waals surface area (Å²) in [7, 11) is 0. The molecule has 64 heavy (non-hydrogen) atoms. The number of hydrogen-bond donors (Lipinski definition) is 0. The van der Waals surface area contributed by atoms with Gasteiger partial charge in [0.25, 0.3) is 6.71 Å². The van der Waals surface area contributed by atoms with Gasteiger partial charge in [0.15, 0.2) is 5.58 Å². The predicted molar refractivity (Wildman–Crippen MR) is 273 cm³/mol. The molecule has 7 aromatic carbocycles. The lowest BCUT2D eigenvalue weighted by atomic mass is 9.33. The van der Waals surface area contributed by atoms with Crippen LogP contribution in [-0.4, -0.2) is 6.71 Å². The quantitative estimate of drug-likeness (QED) is 0.165. The molecule has 3 nitrogen and oxygen atoms in total. The van der Waals surface area contributed by atoms with Crippen molar-refractivity contribution in [2.75, 3.05) is 9.80 Å². The number of hydrogen-bond acceptors (Lipinski definition) is 3. The van der Waals surface area contributed by atoms with Crippen molar-refractivity contribution in [3.8, 4) is 11.1 Å². The van der Waals surface area contributed by atoms with Crippen LogP contribution in [0.2, 0.25) is 0 Å². The molecule has 4 heteroatoms. The zero-order chi connectivity index (χ0) is 44.2. The highest BCUT2D eigenvalue weighted by Gasteiger charge is 2.48. The van der Waals surface area contributed by atoms with Gasteiger partial charge in [-0.25, -0.2) is 0 Å². The smallest absolute Gasteiger partial charge is 0.252 e. The molecular formula is C60H59BN2O. The van der Waals surface area contributed by atoms with Gasteiger partial charge in [-0.1, -0.05) is 140 Å². The van der Waals surface area contributed by atoms with Crippen LogP contribution in [0.4, 0.5) is 34.1 Å². The number of anilines is 6. The maximum Gasteiger partial charge on any atom is 0.252 e. The maximum absolute atomic E-state index is 7.10. The Morgan fingerprint density at radius 2 is 1.06 bits per heavy atom. The molecule has 0 fully saturated rings. The van der Waals surface area contributed by atoms with Gasteiger partial charge in [0.1, 0.15) is 5.58 Å². The van der Waals surface area contributed by atoms with Crippen molar-refractivity contribution in [2.45, 2.75) is 117 Å². The highest BCUT2D eigenvalue weighted by molar-refractivity contribution is 7.00. The molecule has 0 spiro atoms. The molecule has 0 bridgehead atoms. The molecule has 0 unspecified atom stereocenters. The highest BCUT2D eigenvalue weighted by Crippen LogP contribution is 2.54. The van der Waals surface area contributed by atoms with Crippen LogP contribution in [0.1, 0.15) is 114 Å². The number of nitrogens with zero attached hydrogens (tertiary/aromatic N) is 2. The Kier molecular flexibility index (Phi) is 8.22. The molecule has 8 aromatic rings. The molecule has 0 saturated carbocycles.